The number of aromatic amines is 1. The molecule has 0 spiro atoms. The predicted octanol–water partition coefficient (Wildman–Crippen LogP) is 2.68. The number of hydrogen-bond donors (Lipinski definition) is 2. The summed E-state index contributed by atoms with van der Waals surface area (Å²) in [6, 6.07) is 11.9. The molecule has 0 atom stereocenters. The van der Waals surface area contributed by atoms with Gasteiger partial charge in [0.2, 0.25) is 0 Å². The van der Waals surface area contributed by atoms with E-state index in [1.165, 1.54) is 0 Å². The van der Waals surface area contributed by atoms with Crippen LogP contribution in [0.3, 0.4) is 0 Å². The summed E-state index contributed by atoms with van der Waals surface area (Å²) in [5.41, 5.74) is 8.97. The van der Waals surface area contributed by atoms with Crippen LogP contribution in [0.4, 0.5) is 5.82 Å². The Balaban J connectivity index is 2.34. The molecule has 0 bridgehead atoms. The van der Waals surface area contributed by atoms with Crippen molar-refractivity contribution in [1.82, 2.24) is 9.97 Å². The van der Waals surface area contributed by atoms with E-state index in [0.717, 1.165) is 22.0 Å². The minimum atomic E-state index is 0.264. The zero-order chi connectivity index (χ0) is 12.5. The molecular formula is C14H10N4. The van der Waals surface area contributed by atoms with Gasteiger partial charge in [-0.15, -0.1) is 0 Å². The van der Waals surface area contributed by atoms with Crippen LogP contribution in [0.15, 0.2) is 42.7 Å². The van der Waals surface area contributed by atoms with Gasteiger partial charge in [-0.1, -0.05) is 18.2 Å². The number of nitrogens with one attached hydrogen (secondary N) is 1. The second-order valence-electron chi connectivity index (χ2n) is 3.98. The molecule has 0 aliphatic rings. The third-order valence-corrected chi connectivity index (χ3v) is 2.97. The molecule has 0 saturated heterocycles. The van der Waals surface area contributed by atoms with E-state index >= 15 is 0 Å². The van der Waals surface area contributed by atoms with Crippen LogP contribution in [0, 0.1) is 11.3 Å². The van der Waals surface area contributed by atoms with Crippen molar-refractivity contribution in [2.45, 2.75) is 0 Å². The summed E-state index contributed by atoms with van der Waals surface area (Å²) in [6.45, 7) is 0. The molecule has 0 amide bonds. The number of aromatic nitrogens is 2. The van der Waals surface area contributed by atoms with Gasteiger partial charge in [-0.2, -0.15) is 5.26 Å². The topological polar surface area (TPSA) is 78.5 Å². The number of H-pyrrole nitrogens is 1. The lowest BCUT2D eigenvalue weighted by molar-refractivity contribution is 1.31. The molecule has 0 aliphatic carbocycles. The number of hydrogen-bond acceptors (Lipinski definition) is 3. The Bertz CT molecular complexity index is 765. The largest absolute Gasteiger partial charge is 0.383 e. The van der Waals surface area contributed by atoms with Crippen molar-refractivity contribution in [3.63, 3.8) is 0 Å². The standard InChI is InChI=1S/C14H10N4/c15-7-11-9(5-6-17-14(11)16)12-8-18-13-4-2-1-3-10(12)13/h1-6,8,18H,(H2,16,17). The minimum Gasteiger partial charge on any atom is -0.383 e. The summed E-state index contributed by atoms with van der Waals surface area (Å²) < 4.78 is 0. The van der Waals surface area contributed by atoms with Crippen LogP contribution in [0.5, 0.6) is 0 Å². The van der Waals surface area contributed by atoms with Gasteiger partial charge in [0.1, 0.15) is 17.5 Å². The Hall–Kier alpha value is -2.80. The second-order valence-corrected chi connectivity index (χ2v) is 3.98. The van der Waals surface area contributed by atoms with Crippen LogP contribution < -0.4 is 5.73 Å². The number of anilines is 1. The molecule has 4 nitrogen and oxygen atoms in total. The monoisotopic (exact) mass is 234 g/mol. The van der Waals surface area contributed by atoms with Crippen LogP contribution in [0.2, 0.25) is 0 Å². The van der Waals surface area contributed by atoms with E-state index in [1.54, 1.807) is 6.20 Å². The molecule has 2 heterocycles. The Labute approximate surface area is 104 Å². The third kappa shape index (κ3) is 1.42. The van der Waals surface area contributed by atoms with E-state index in [1.807, 2.05) is 36.5 Å². The van der Waals surface area contributed by atoms with Crippen molar-refractivity contribution < 1.29 is 0 Å². The Morgan fingerprint density at radius 3 is 2.83 bits per heavy atom. The van der Waals surface area contributed by atoms with Gasteiger partial charge in [0.05, 0.1) is 0 Å². The number of benzene rings is 1. The average molecular weight is 234 g/mol. The molecule has 4 heteroatoms. The van der Waals surface area contributed by atoms with E-state index in [9.17, 15) is 5.26 Å². The molecule has 3 rings (SSSR count). The number of nitrogen functional groups attached to an aromatic ring is 1. The number of fused-ring (bicyclic) bond motifs is 1. The zero-order valence-electron chi connectivity index (χ0n) is 9.51. The van der Waals surface area contributed by atoms with E-state index in [2.05, 4.69) is 16.0 Å². The van der Waals surface area contributed by atoms with Gasteiger partial charge in [-0.3, -0.25) is 0 Å². The fourth-order valence-electron chi connectivity index (χ4n) is 2.11. The van der Waals surface area contributed by atoms with Crippen molar-refractivity contribution >= 4 is 16.7 Å². The molecule has 86 valence electrons. The highest BCUT2D eigenvalue weighted by Gasteiger charge is 2.12. The molecule has 1 aromatic carbocycles. The van der Waals surface area contributed by atoms with E-state index in [-0.39, 0.29) is 5.82 Å². The number of nitrogens with two attached hydrogens (primary N) is 1. The van der Waals surface area contributed by atoms with Gasteiger partial charge >= 0.3 is 0 Å². The van der Waals surface area contributed by atoms with Gasteiger partial charge in [0.15, 0.2) is 0 Å². The third-order valence-electron chi connectivity index (χ3n) is 2.97. The highest BCUT2D eigenvalue weighted by atomic mass is 14.8. The molecular weight excluding hydrogens is 224 g/mol. The van der Waals surface area contributed by atoms with Gasteiger partial charge in [0, 0.05) is 34.4 Å². The normalized spacial score (nSPS) is 10.4. The number of pyridine rings is 1. The first-order chi connectivity index (χ1) is 8.81. The van der Waals surface area contributed by atoms with Gasteiger partial charge < -0.3 is 10.7 Å². The lowest BCUT2D eigenvalue weighted by atomic mass is 10.0. The lowest BCUT2D eigenvalue weighted by Crippen LogP contribution is -1.96. The van der Waals surface area contributed by atoms with Crippen LogP contribution in [0.1, 0.15) is 5.56 Å². The summed E-state index contributed by atoms with van der Waals surface area (Å²) in [4.78, 5) is 7.13. The fraction of sp³-hybridized carbons (Fsp3) is 0. The first-order valence-electron chi connectivity index (χ1n) is 5.52. The molecule has 18 heavy (non-hydrogen) atoms. The maximum Gasteiger partial charge on any atom is 0.141 e. The molecule has 0 fully saturated rings. The molecule has 3 N–H and O–H groups in total. The van der Waals surface area contributed by atoms with Crippen molar-refractivity contribution in [3.05, 3.63) is 48.3 Å². The van der Waals surface area contributed by atoms with Crippen molar-refractivity contribution in [2.24, 2.45) is 0 Å². The quantitative estimate of drug-likeness (QED) is 0.679. The maximum absolute atomic E-state index is 9.19. The minimum absolute atomic E-state index is 0.264. The SMILES string of the molecule is N#Cc1c(-c2c[nH]c3ccccc23)ccnc1N. The number of nitriles is 1. The molecule has 3 aromatic rings. The zero-order valence-corrected chi connectivity index (χ0v) is 9.51. The Morgan fingerprint density at radius 1 is 1.17 bits per heavy atom. The molecule has 2 aromatic heterocycles. The molecule has 0 saturated carbocycles. The second kappa shape index (κ2) is 3.90. The average Bonchev–Trinajstić information content (AvgIpc) is 2.82. The summed E-state index contributed by atoms with van der Waals surface area (Å²) in [7, 11) is 0. The predicted molar refractivity (Wildman–Crippen MR) is 70.7 cm³/mol. The first kappa shape index (κ1) is 10.4. The van der Waals surface area contributed by atoms with Gasteiger partial charge in [-0.05, 0) is 12.1 Å². The molecule has 0 unspecified atom stereocenters. The number of nitrogens with zero attached hydrogens (tertiary/aromatic N) is 2. The summed E-state index contributed by atoms with van der Waals surface area (Å²) in [6.07, 6.45) is 3.51. The van der Waals surface area contributed by atoms with Crippen LogP contribution in [-0.2, 0) is 0 Å². The van der Waals surface area contributed by atoms with E-state index < -0.39 is 0 Å². The van der Waals surface area contributed by atoms with E-state index in [0.29, 0.717) is 5.56 Å². The number of rotatable bonds is 1. The van der Waals surface area contributed by atoms with E-state index in [4.69, 9.17) is 5.73 Å². The highest BCUT2D eigenvalue weighted by Crippen LogP contribution is 2.31. The Morgan fingerprint density at radius 2 is 2.00 bits per heavy atom. The smallest absolute Gasteiger partial charge is 0.141 e. The first-order valence-corrected chi connectivity index (χ1v) is 5.52. The maximum atomic E-state index is 9.19. The van der Waals surface area contributed by atoms with Gasteiger partial charge in [0.25, 0.3) is 0 Å². The summed E-state index contributed by atoms with van der Waals surface area (Å²) >= 11 is 0. The van der Waals surface area contributed by atoms with Crippen molar-refractivity contribution in [3.8, 4) is 17.2 Å². The van der Waals surface area contributed by atoms with Crippen molar-refractivity contribution in [1.29, 1.82) is 5.26 Å². The summed E-state index contributed by atoms with van der Waals surface area (Å²) in [5.74, 6) is 0.264. The van der Waals surface area contributed by atoms with Crippen molar-refractivity contribution in [2.75, 3.05) is 5.73 Å². The van der Waals surface area contributed by atoms with Crippen LogP contribution >= 0.6 is 0 Å². The number of para-hydroxylation sites is 1. The van der Waals surface area contributed by atoms with Crippen LogP contribution in [0.25, 0.3) is 22.0 Å². The lowest BCUT2D eigenvalue weighted by Gasteiger charge is -2.04. The van der Waals surface area contributed by atoms with Gasteiger partial charge in [-0.25, -0.2) is 4.98 Å². The summed E-state index contributed by atoms with van der Waals surface area (Å²) in [5, 5.41) is 10.3. The fourth-order valence-corrected chi connectivity index (χ4v) is 2.11. The highest BCUT2D eigenvalue weighted by molar-refractivity contribution is 5.97. The Kier molecular flexibility index (Phi) is 2.24. The molecule has 0 aliphatic heterocycles. The molecule has 0 radical (unpaired) electrons. The van der Waals surface area contributed by atoms with Crippen LogP contribution in [-0.4, -0.2) is 9.97 Å².